The van der Waals surface area contributed by atoms with Crippen molar-refractivity contribution in [3.8, 4) is 11.5 Å². The molecule has 0 fully saturated rings. The van der Waals surface area contributed by atoms with Gasteiger partial charge in [0.05, 0.1) is 15.9 Å². The smallest absolute Gasteiger partial charge is 0.331 e. The minimum Gasteiger partial charge on any atom is -0.454 e. The van der Waals surface area contributed by atoms with Crippen LogP contribution in [0.2, 0.25) is 0 Å². The summed E-state index contributed by atoms with van der Waals surface area (Å²) in [5.74, 6) is 1.32. The highest BCUT2D eigenvalue weighted by atomic mass is 32.2. The van der Waals surface area contributed by atoms with Crippen molar-refractivity contribution >= 4 is 33.1 Å². The molecule has 0 N–H and O–H groups in total. The summed E-state index contributed by atoms with van der Waals surface area (Å²) < 4.78 is 43.8. The fourth-order valence-corrected chi connectivity index (χ4v) is 4.28. The zero-order chi connectivity index (χ0) is 22.9. The quantitative estimate of drug-likeness (QED) is 0.397. The highest BCUT2D eigenvalue weighted by Crippen LogP contribution is 2.32. The summed E-state index contributed by atoms with van der Waals surface area (Å²) in [6, 6.07) is 10.2. The topological polar surface area (TPSA) is 100.0 Å². The molecule has 10 heteroatoms. The average molecular weight is 458 g/mol. The van der Waals surface area contributed by atoms with E-state index in [1.165, 1.54) is 26.2 Å². The monoisotopic (exact) mass is 457 g/mol. The van der Waals surface area contributed by atoms with Crippen molar-refractivity contribution in [2.45, 2.75) is 25.0 Å². The number of aryl methyl sites for hydroxylation is 1. The Hall–Kier alpha value is -3.37. The summed E-state index contributed by atoms with van der Waals surface area (Å²) >= 11 is 0. The van der Waals surface area contributed by atoms with E-state index in [1.807, 2.05) is 17.6 Å². The number of carbonyl (C=O) groups excluding carboxylic acids is 1. The zero-order valence-corrected chi connectivity index (χ0v) is 18.8. The van der Waals surface area contributed by atoms with Crippen molar-refractivity contribution in [2.24, 2.45) is 0 Å². The molecule has 32 heavy (non-hydrogen) atoms. The van der Waals surface area contributed by atoms with Gasteiger partial charge < -0.3 is 18.8 Å². The van der Waals surface area contributed by atoms with Crippen LogP contribution in [-0.2, 0) is 32.7 Å². The Morgan fingerprint density at radius 2 is 1.97 bits per heavy atom. The van der Waals surface area contributed by atoms with Crippen LogP contribution in [0.4, 0.5) is 0 Å². The van der Waals surface area contributed by atoms with E-state index in [0.29, 0.717) is 29.4 Å². The van der Waals surface area contributed by atoms with Gasteiger partial charge in [0, 0.05) is 26.7 Å². The first-order valence-corrected chi connectivity index (χ1v) is 11.4. The van der Waals surface area contributed by atoms with Crippen LogP contribution in [-0.4, -0.2) is 49.1 Å². The van der Waals surface area contributed by atoms with E-state index >= 15 is 0 Å². The van der Waals surface area contributed by atoms with Crippen molar-refractivity contribution in [3.05, 3.63) is 53.9 Å². The lowest BCUT2D eigenvalue weighted by atomic mass is 10.2. The maximum absolute atomic E-state index is 12.4. The first kappa shape index (κ1) is 21.8. The molecule has 1 aliphatic heterocycles. The number of nitrogens with zero attached hydrogens (tertiary/aromatic N) is 3. The SMILES string of the molecule is CCn1c(COC(=O)/C=C/c2ccc3c(c2)OCO3)nc2cc(S(=O)(=O)N(C)C)ccc21. The third kappa shape index (κ3) is 4.19. The second-order valence-electron chi connectivity index (χ2n) is 7.26. The standard InChI is InChI=1S/C22H23N3O6S/c1-4-25-18-8-7-16(32(27,28)24(2)3)12-17(18)23-21(25)13-29-22(26)10-6-15-5-9-19-20(11-15)31-14-30-19/h5-12H,4,13-14H2,1-3H3/b10-6+. The Morgan fingerprint density at radius 3 is 2.72 bits per heavy atom. The Labute approximate surface area is 185 Å². The Bertz CT molecular complexity index is 1310. The highest BCUT2D eigenvalue weighted by Gasteiger charge is 2.20. The van der Waals surface area contributed by atoms with E-state index in [9.17, 15) is 13.2 Å². The molecule has 9 nitrogen and oxygen atoms in total. The molecule has 2 aromatic carbocycles. The van der Waals surface area contributed by atoms with Crippen LogP contribution in [0.3, 0.4) is 0 Å². The van der Waals surface area contributed by atoms with E-state index in [1.54, 1.807) is 30.3 Å². The highest BCUT2D eigenvalue weighted by molar-refractivity contribution is 7.89. The van der Waals surface area contributed by atoms with Crippen LogP contribution in [0.15, 0.2) is 47.4 Å². The molecule has 0 bridgehead atoms. The molecule has 0 atom stereocenters. The molecule has 2 heterocycles. The van der Waals surface area contributed by atoms with E-state index in [2.05, 4.69) is 4.98 Å². The number of imidazole rings is 1. The predicted molar refractivity (Wildman–Crippen MR) is 118 cm³/mol. The minimum absolute atomic E-state index is 0.0391. The summed E-state index contributed by atoms with van der Waals surface area (Å²) in [5, 5.41) is 0. The van der Waals surface area contributed by atoms with Crippen LogP contribution in [0.5, 0.6) is 11.5 Å². The number of ether oxygens (including phenoxy) is 3. The van der Waals surface area contributed by atoms with Gasteiger partial charge in [-0.1, -0.05) is 6.07 Å². The Morgan fingerprint density at radius 1 is 1.19 bits per heavy atom. The van der Waals surface area contributed by atoms with E-state index in [-0.39, 0.29) is 18.3 Å². The van der Waals surface area contributed by atoms with Gasteiger partial charge in [0.2, 0.25) is 16.8 Å². The average Bonchev–Trinajstić information content (AvgIpc) is 3.38. The number of carbonyl (C=O) groups is 1. The number of hydrogen-bond acceptors (Lipinski definition) is 7. The Balaban J connectivity index is 1.49. The van der Waals surface area contributed by atoms with Crippen LogP contribution in [0, 0.1) is 0 Å². The lowest BCUT2D eigenvalue weighted by Crippen LogP contribution is -2.22. The van der Waals surface area contributed by atoms with E-state index in [4.69, 9.17) is 14.2 Å². The van der Waals surface area contributed by atoms with Gasteiger partial charge in [0.1, 0.15) is 12.4 Å². The van der Waals surface area contributed by atoms with Gasteiger partial charge in [-0.15, -0.1) is 0 Å². The van der Waals surface area contributed by atoms with Gasteiger partial charge >= 0.3 is 5.97 Å². The van der Waals surface area contributed by atoms with E-state index in [0.717, 1.165) is 15.4 Å². The van der Waals surface area contributed by atoms with E-state index < -0.39 is 16.0 Å². The second-order valence-corrected chi connectivity index (χ2v) is 9.42. The molecule has 0 amide bonds. The number of esters is 1. The lowest BCUT2D eigenvalue weighted by Gasteiger charge is -2.11. The fourth-order valence-electron chi connectivity index (χ4n) is 3.36. The first-order chi connectivity index (χ1) is 15.3. The van der Waals surface area contributed by atoms with Crippen LogP contribution in [0.1, 0.15) is 18.3 Å². The number of aromatic nitrogens is 2. The number of fused-ring (bicyclic) bond motifs is 2. The Kier molecular flexibility index (Phi) is 5.90. The van der Waals surface area contributed by atoms with Crippen molar-refractivity contribution in [1.29, 1.82) is 0 Å². The maximum atomic E-state index is 12.4. The molecule has 1 aromatic heterocycles. The van der Waals surface area contributed by atoms with Crippen molar-refractivity contribution in [1.82, 2.24) is 13.9 Å². The molecule has 0 aliphatic carbocycles. The molecule has 0 spiro atoms. The van der Waals surface area contributed by atoms with Crippen LogP contribution in [0.25, 0.3) is 17.1 Å². The molecular formula is C22H23N3O6S. The molecule has 3 aromatic rings. The molecule has 4 rings (SSSR count). The van der Waals surface area contributed by atoms with Gasteiger partial charge in [-0.25, -0.2) is 22.5 Å². The summed E-state index contributed by atoms with van der Waals surface area (Å²) in [5.41, 5.74) is 2.07. The van der Waals surface area contributed by atoms with Gasteiger partial charge in [-0.05, 0) is 48.9 Å². The van der Waals surface area contributed by atoms with Gasteiger partial charge in [-0.3, -0.25) is 0 Å². The van der Waals surface area contributed by atoms with Crippen molar-refractivity contribution in [2.75, 3.05) is 20.9 Å². The molecular weight excluding hydrogens is 434 g/mol. The van der Waals surface area contributed by atoms with Crippen molar-refractivity contribution in [3.63, 3.8) is 0 Å². The lowest BCUT2D eigenvalue weighted by molar-refractivity contribution is -0.139. The second kappa shape index (κ2) is 8.64. The molecule has 0 saturated heterocycles. The molecule has 168 valence electrons. The van der Waals surface area contributed by atoms with Gasteiger partial charge in [0.25, 0.3) is 0 Å². The summed E-state index contributed by atoms with van der Waals surface area (Å²) in [6.45, 7) is 2.68. The summed E-state index contributed by atoms with van der Waals surface area (Å²) in [7, 11) is -0.613. The fraction of sp³-hybridized carbons (Fsp3) is 0.273. The predicted octanol–water partition coefficient (Wildman–Crippen LogP) is 2.79. The van der Waals surface area contributed by atoms with Crippen LogP contribution >= 0.6 is 0 Å². The molecule has 1 aliphatic rings. The summed E-state index contributed by atoms with van der Waals surface area (Å²) in [6.07, 6.45) is 2.96. The number of benzene rings is 2. The third-order valence-electron chi connectivity index (χ3n) is 5.05. The van der Waals surface area contributed by atoms with Crippen molar-refractivity contribution < 1.29 is 27.4 Å². The normalized spacial score (nSPS) is 13.4. The third-order valence-corrected chi connectivity index (χ3v) is 6.86. The van der Waals surface area contributed by atoms with Crippen LogP contribution < -0.4 is 9.47 Å². The molecule has 0 saturated carbocycles. The minimum atomic E-state index is -3.57. The van der Waals surface area contributed by atoms with Gasteiger partial charge in [0.15, 0.2) is 11.5 Å². The summed E-state index contributed by atoms with van der Waals surface area (Å²) in [4.78, 5) is 16.9. The number of rotatable bonds is 7. The largest absolute Gasteiger partial charge is 0.454 e. The maximum Gasteiger partial charge on any atom is 0.331 e. The van der Waals surface area contributed by atoms with Gasteiger partial charge in [-0.2, -0.15) is 0 Å². The number of sulfonamides is 1. The zero-order valence-electron chi connectivity index (χ0n) is 17.9. The first-order valence-electron chi connectivity index (χ1n) is 9.96. The number of hydrogen-bond donors (Lipinski definition) is 0. The molecule has 0 unspecified atom stereocenters. The molecule has 0 radical (unpaired) electrons.